The van der Waals surface area contributed by atoms with E-state index in [1.54, 1.807) is 0 Å². The molecule has 0 spiro atoms. The molecule has 1 aliphatic carbocycles. The lowest BCUT2D eigenvalue weighted by Crippen LogP contribution is -2.33. The lowest BCUT2D eigenvalue weighted by Gasteiger charge is -2.14. The van der Waals surface area contributed by atoms with Gasteiger partial charge in [-0.25, -0.2) is 4.39 Å². The van der Waals surface area contributed by atoms with Crippen LogP contribution in [0.15, 0.2) is 18.2 Å². The number of alkyl halides is 3. The standard InChI is InChI=1S/C13H13F4NO/c14-11-9(6-3-7-10(11)13(15,16)17)12(19)18-8-4-1-2-5-8/h3,6-8H,1-2,4-5H2,(H,18,19). The summed E-state index contributed by atoms with van der Waals surface area (Å²) in [7, 11) is 0. The zero-order chi connectivity index (χ0) is 14.0. The second kappa shape index (κ2) is 5.19. The Bertz CT molecular complexity index is 478. The highest BCUT2D eigenvalue weighted by molar-refractivity contribution is 5.94. The molecule has 0 aliphatic heterocycles. The van der Waals surface area contributed by atoms with Crippen LogP contribution in [-0.4, -0.2) is 11.9 Å². The van der Waals surface area contributed by atoms with Crippen molar-refractivity contribution in [3.8, 4) is 0 Å². The van der Waals surface area contributed by atoms with Crippen LogP contribution in [-0.2, 0) is 6.18 Å². The first-order valence-corrected chi connectivity index (χ1v) is 6.06. The molecule has 1 amide bonds. The molecule has 1 N–H and O–H groups in total. The summed E-state index contributed by atoms with van der Waals surface area (Å²) in [6.45, 7) is 0. The first kappa shape index (κ1) is 13.8. The molecule has 0 bridgehead atoms. The van der Waals surface area contributed by atoms with Crippen LogP contribution in [0.2, 0.25) is 0 Å². The summed E-state index contributed by atoms with van der Waals surface area (Å²) in [5.74, 6) is -2.29. The third-order valence-corrected chi connectivity index (χ3v) is 3.24. The minimum Gasteiger partial charge on any atom is -0.349 e. The van der Waals surface area contributed by atoms with Crippen molar-refractivity contribution >= 4 is 5.91 Å². The van der Waals surface area contributed by atoms with Crippen LogP contribution in [0.25, 0.3) is 0 Å². The lowest BCUT2D eigenvalue weighted by molar-refractivity contribution is -0.140. The highest BCUT2D eigenvalue weighted by Crippen LogP contribution is 2.32. The highest BCUT2D eigenvalue weighted by atomic mass is 19.4. The molecule has 0 atom stereocenters. The van der Waals surface area contributed by atoms with Crippen LogP contribution < -0.4 is 5.32 Å². The van der Waals surface area contributed by atoms with E-state index >= 15 is 0 Å². The van der Waals surface area contributed by atoms with Gasteiger partial charge in [-0.1, -0.05) is 18.9 Å². The normalized spacial score (nSPS) is 16.6. The van der Waals surface area contributed by atoms with Gasteiger partial charge >= 0.3 is 6.18 Å². The molecule has 1 aromatic rings. The van der Waals surface area contributed by atoms with E-state index in [0.29, 0.717) is 6.07 Å². The summed E-state index contributed by atoms with van der Waals surface area (Å²) in [4.78, 5) is 11.8. The summed E-state index contributed by atoms with van der Waals surface area (Å²) in [5.41, 5.74) is -1.96. The average molecular weight is 275 g/mol. The zero-order valence-corrected chi connectivity index (χ0v) is 10.1. The van der Waals surface area contributed by atoms with Gasteiger partial charge in [0.05, 0.1) is 11.1 Å². The van der Waals surface area contributed by atoms with Crippen LogP contribution in [0.4, 0.5) is 17.6 Å². The molecular formula is C13H13F4NO. The van der Waals surface area contributed by atoms with Crippen LogP contribution >= 0.6 is 0 Å². The molecule has 1 aromatic carbocycles. The van der Waals surface area contributed by atoms with Crippen molar-refractivity contribution in [3.63, 3.8) is 0 Å². The van der Waals surface area contributed by atoms with Gasteiger partial charge in [0.25, 0.3) is 5.91 Å². The first-order valence-electron chi connectivity index (χ1n) is 6.06. The van der Waals surface area contributed by atoms with Gasteiger partial charge in [-0.15, -0.1) is 0 Å². The Morgan fingerprint density at radius 1 is 1.21 bits per heavy atom. The largest absolute Gasteiger partial charge is 0.419 e. The topological polar surface area (TPSA) is 29.1 Å². The van der Waals surface area contributed by atoms with Crippen molar-refractivity contribution in [2.75, 3.05) is 0 Å². The van der Waals surface area contributed by atoms with E-state index in [9.17, 15) is 22.4 Å². The van der Waals surface area contributed by atoms with Gasteiger partial charge < -0.3 is 5.32 Å². The van der Waals surface area contributed by atoms with Gasteiger partial charge in [-0.05, 0) is 25.0 Å². The smallest absolute Gasteiger partial charge is 0.349 e. The quantitative estimate of drug-likeness (QED) is 0.822. The van der Waals surface area contributed by atoms with Crippen molar-refractivity contribution in [1.82, 2.24) is 5.32 Å². The van der Waals surface area contributed by atoms with E-state index in [4.69, 9.17) is 0 Å². The Balaban J connectivity index is 2.22. The van der Waals surface area contributed by atoms with E-state index in [-0.39, 0.29) is 6.04 Å². The lowest BCUT2D eigenvalue weighted by atomic mass is 10.1. The predicted molar refractivity (Wildman–Crippen MR) is 61.1 cm³/mol. The summed E-state index contributed by atoms with van der Waals surface area (Å²) >= 11 is 0. The second-order valence-corrected chi connectivity index (χ2v) is 4.62. The van der Waals surface area contributed by atoms with Crippen molar-refractivity contribution < 1.29 is 22.4 Å². The van der Waals surface area contributed by atoms with Crippen molar-refractivity contribution in [2.45, 2.75) is 37.9 Å². The number of carbonyl (C=O) groups is 1. The molecule has 1 aliphatic rings. The maximum absolute atomic E-state index is 13.7. The zero-order valence-electron chi connectivity index (χ0n) is 10.1. The molecule has 0 aromatic heterocycles. The molecule has 0 saturated heterocycles. The molecule has 0 radical (unpaired) electrons. The van der Waals surface area contributed by atoms with Crippen LogP contribution in [0.3, 0.4) is 0 Å². The molecule has 0 unspecified atom stereocenters. The van der Waals surface area contributed by atoms with Gasteiger partial charge in [0.15, 0.2) is 0 Å². The van der Waals surface area contributed by atoms with Gasteiger partial charge in [-0.3, -0.25) is 4.79 Å². The minimum atomic E-state index is -4.80. The number of hydrogen-bond donors (Lipinski definition) is 1. The third kappa shape index (κ3) is 3.05. The van der Waals surface area contributed by atoms with Gasteiger partial charge in [0.2, 0.25) is 0 Å². The third-order valence-electron chi connectivity index (χ3n) is 3.24. The predicted octanol–water partition coefficient (Wildman–Crippen LogP) is 3.52. The van der Waals surface area contributed by atoms with E-state index in [0.717, 1.165) is 37.8 Å². The van der Waals surface area contributed by atoms with Crippen LogP contribution in [0.1, 0.15) is 41.6 Å². The van der Waals surface area contributed by atoms with E-state index in [1.807, 2.05) is 0 Å². The Kier molecular flexibility index (Phi) is 3.78. The second-order valence-electron chi connectivity index (χ2n) is 4.62. The van der Waals surface area contributed by atoms with Crippen molar-refractivity contribution in [1.29, 1.82) is 0 Å². The molecule has 19 heavy (non-hydrogen) atoms. The number of amides is 1. The Labute approximate surface area is 107 Å². The maximum Gasteiger partial charge on any atom is 0.419 e. The number of halogens is 4. The number of nitrogens with one attached hydrogen (secondary N) is 1. The molecule has 1 saturated carbocycles. The summed E-state index contributed by atoms with van der Waals surface area (Å²) in [6.07, 6.45) is -1.29. The highest BCUT2D eigenvalue weighted by Gasteiger charge is 2.35. The molecule has 1 fully saturated rings. The number of benzene rings is 1. The average Bonchev–Trinajstić information content (AvgIpc) is 2.80. The fourth-order valence-electron chi connectivity index (χ4n) is 2.26. The van der Waals surface area contributed by atoms with Gasteiger partial charge in [0.1, 0.15) is 5.82 Å². The van der Waals surface area contributed by atoms with E-state index in [2.05, 4.69) is 5.32 Å². The monoisotopic (exact) mass is 275 g/mol. The SMILES string of the molecule is O=C(NC1CCCC1)c1cccc(C(F)(F)F)c1F. The number of carbonyl (C=O) groups excluding carboxylic acids is 1. The fraction of sp³-hybridized carbons (Fsp3) is 0.462. The van der Waals surface area contributed by atoms with E-state index < -0.39 is 29.0 Å². The number of rotatable bonds is 2. The number of hydrogen-bond acceptors (Lipinski definition) is 1. The van der Waals surface area contributed by atoms with E-state index in [1.165, 1.54) is 0 Å². The van der Waals surface area contributed by atoms with Crippen molar-refractivity contribution in [2.24, 2.45) is 0 Å². The Morgan fingerprint density at radius 2 is 1.84 bits per heavy atom. The maximum atomic E-state index is 13.7. The Morgan fingerprint density at radius 3 is 2.42 bits per heavy atom. The van der Waals surface area contributed by atoms with Crippen LogP contribution in [0.5, 0.6) is 0 Å². The molecular weight excluding hydrogens is 262 g/mol. The molecule has 2 rings (SSSR count). The van der Waals surface area contributed by atoms with Crippen molar-refractivity contribution in [3.05, 3.63) is 35.1 Å². The molecule has 2 nitrogen and oxygen atoms in total. The molecule has 104 valence electrons. The first-order chi connectivity index (χ1) is 8.89. The van der Waals surface area contributed by atoms with Crippen LogP contribution in [0, 0.1) is 5.82 Å². The molecule has 0 heterocycles. The summed E-state index contributed by atoms with van der Waals surface area (Å²) in [5, 5.41) is 2.57. The fourth-order valence-corrected chi connectivity index (χ4v) is 2.26. The summed E-state index contributed by atoms with van der Waals surface area (Å²) in [6, 6.07) is 2.66. The summed E-state index contributed by atoms with van der Waals surface area (Å²) < 4.78 is 51.3. The Hall–Kier alpha value is -1.59. The minimum absolute atomic E-state index is 0.0681. The van der Waals surface area contributed by atoms with Gasteiger partial charge in [0, 0.05) is 6.04 Å². The van der Waals surface area contributed by atoms with Gasteiger partial charge in [-0.2, -0.15) is 13.2 Å². The molecule has 6 heteroatoms.